The van der Waals surface area contributed by atoms with E-state index < -0.39 is 10.0 Å². The van der Waals surface area contributed by atoms with Crippen LogP contribution in [0.4, 0.5) is 0 Å². The lowest BCUT2D eigenvalue weighted by Crippen LogP contribution is -2.45. The van der Waals surface area contributed by atoms with E-state index in [4.69, 9.17) is 0 Å². The molecule has 0 amide bonds. The Balaban J connectivity index is 2.19. The van der Waals surface area contributed by atoms with E-state index in [0.29, 0.717) is 0 Å². The first-order valence-corrected chi connectivity index (χ1v) is 7.61. The maximum absolute atomic E-state index is 12.1. The number of sulfonamides is 1. The van der Waals surface area contributed by atoms with Gasteiger partial charge in [-0.3, -0.25) is 0 Å². The molecule has 7 nitrogen and oxygen atoms in total. The van der Waals surface area contributed by atoms with Crippen molar-refractivity contribution in [2.45, 2.75) is 24.3 Å². The highest BCUT2D eigenvalue weighted by molar-refractivity contribution is 9.10. The van der Waals surface area contributed by atoms with E-state index in [1.807, 2.05) is 0 Å². The van der Waals surface area contributed by atoms with Crippen molar-refractivity contribution in [3.05, 3.63) is 4.60 Å². The molecule has 0 aliphatic carbocycles. The van der Waals surface area contributed by atoms with Crippen LogP contribution in [0.1, 0.15) is 19.3 Å². The minimum atomic E-state index is -3.61. The third kappa shape index (κ3) is 2.84. The van der Waals surface area contributed by atoms with Crippen molar-refractivity contribution in [2.24, 2.45) is 7.05 Å². The minimum absolute atomic E-state index is 0.0445. The maximum atomic E-state index is 12.1. The molecule has 0 unspecified atom stereocenters. The second kappa shape index (κ2) is 5.01. The van der Waals surface area contributed by atoms with Crippen LogP contribution >= 0.6 is 15.9 Å². The summed E-state index contributed by atoms with van der Waals surface area (Å²) < 4.78 is 25.7. The van der Waals surface area contributed by atoms with Gasteiger partial charge < -0.3 is 0 Å². The number of aromatic nitrogens is 3. The molecule has 1 N–H and O–H groups in total. The zero-order valence-electron chi connectivity index (χ0n) is 9.43. The minimum Gasteiger partial charge on any atom is -0.235 e. The summed E-state index contributed by atoms with van der Waals surface area (Å²) in [7, 11) is -2.07. The predicted octanol–water partition coefficient (Wildman–Crippen LogP) is 0.257. The van der Waals surface area contributed by atoms with Gasteiger partial charge >= 0.3 is 0 Å². The summed E-state index contributed by atoms with van der Waals surface area (Å²) in [4.78, 5) is 2.55. The SMILES string of the molecule is Cn1nnc(Br)c1S(=O)(=O)NN1CCCCC1. The molecular formula is C8H14BrN5O2S. The maximum Gasteiger partial charge on any atom is 0.273 e. The summed E-state index contributed by atoms with van der Waals surface area (Å²) >= 11 is 3.09. The van der Waals surface area contributed by atoms with E-state index in [1.165, 1.54) is 4.68 Å². The van der Waals surface area contributed by atoms with Crippen LogP contribution in [-0.2, 0) is 17.1 Å². The molecule has 0 saturated carbocycles. The van der Waals surface area contributed by atoms with Crippen LogP contribution in [-0.4, -0.2) is 41.5 Å². The fourth-order valence-electron chi connectivity index (χ4n) is 1.81. The predicted molar refractivity (Wildman–Crippen MR) is 64.4 cm³/mol. The van der Waals surface area contributed by atoms with Gasteiger partial charge in [-0.05, 0) is 28.8 Å². The van der Waals surface area contributed by atoms with Crippen LogP contribution in [0, 0.1) is 0 Å². The highest BCUT2D eigenvalue weighted by atomic mass is 79.9. The topological polar surface area (TPSA) is 80.1 Å². The first kappa shape index (κ1) is 12.9. The van der Waals surface area contributed by atoms with Crippen LogP contribution in [0.2, 0.25) is 0 Å². The molecule has 1 saturated heterocycles. The average Bonchev–Trinajstić information content (AvgIpc) is 2.59. The molecule has 1 aromatic heterocycles. The lowest BCUT2D eigenvalue weighted by Gasteiger charge is -2.26. The number of halogens is 1. The van der Waals surface area contributed by atoms with E-state index >= 15 is 0 Å². The fraction of sp³-hybridized carbons (Fsp3) is 0.750. The van der Waals surface area contributed by atoms with Crippen LogP contribution < -0.4 is 4.83 Å². The van der Waals surface area contributed by atoms with Gasteiger partial charge in [-0.1, -0.05) is 11.6 Å². The first-order valence-electron chi connectivity index (χ1n) is 5.33. The largest absolute Gasteiger partial charge is 0.273 e. The molecular weight excluding hydrogens is 310 g/mol. The summed E-state index contributed by atoms with van der Waals surface area (Å²) in [5.74, 6) is 0. The lowest BCUT2D eigenvalue weighted by atomic mass is 10.2. The first-order chi connectivity index (χ1) is 8.00. The van der Waals surface area contributed by atoms with E-state index in [-0.39, 0.29) is 9.63 Å². The smallest absolute Gasteiger partial charge is 0.235 e. The molecule has 2 heterocycles. The Bertz CT molecular complexity index is 475. The summed E-state index contributed by atoms with van der Waals surface area (Å²) in [5.41, 5.74) is 0. The molecule has 0 radical (unpaired) electrons. The van der Waals surface area contributed by atoms with Gasteiger partial charge in [0.1, 0.15) is 0 Å². The molecule has 2 rings (SSSR count). The van der Waals surface area contributed by atoms with Crippen LogP contribution in [0.3, 0.4) is 0 Å². The Morgan fingerprint density at radius 1 is 1.29 bits per heavy atom. The number of hydrogen-bond acceptors (Lipinski definition) is 5. The highest BCUT2D eigenvalue weighted by Gasteiger charge is 2.26. The highest BCUT2D eigenvalue weighted by Crippen LogP contribution is 2.18. The van der Waals surface area contributed by atoms with E-state index in [2.05, 4.69) is 31.1 Å². The van der Waals surface area contributed by atoms with Gasteiger partial charge in [-0.15, -0.1) is 9.93 Å². The zero-order valence-corrected chi connectivity index (χ0v) is 11.8. The van der Waals surface area contributed by atoms with E-state index in [9.17, 15) is 8.42 Å². The molecule has 0 aromatic carbocycles. The lowest BCUT2D eigenvalue weighted by molar-refractivity contribution is 0.199. The molecule has 9 heteroatoms. The quantitative estimate of drug-likeness (QED) is 0.862. The Kier molecular flexibility index (Phi) is 3.81. The monoisotopic (exact) mass is 323 g/mol. The van der Waals surface area contributed by atoms with Crippen molar-refractivity contribution in [1.29, 1.82) is 0 Å². The van der Waals surface area contributed by atoms with E-state index in [0.717, 1.165) is 32.4 Å². The molecule has 0 bridgehead atoms. The van der Waals surface area contributed by atoms with Crippen molar-refractivity contribution >= 4 is 26.0 Å². The molecule has 1 aliphatic heterocycles. The summed E-state index contributed by atoms with van der Waals surface area (Å²) in [5, 5.41) is 9.09. The zero-order chi connectivity index (χ0) is 12.5. The van der Waals surface area contributed by atoms with Crippen molar-refractivity contribution in [3.63, 3.8) is 0 Å². The average molecular weight is 324 g/mol. The van der Waals surface area contributed by atoms with Crippen LogP contribution in [0.25, 0.3) is 0 Å². The van der Waals surface area contributed by atoms with Crippen LogP contribution in [0.15, 0.2) is 9.63 Å². The van der Waals surface area contributed by atoms with Gasteiger partial charge in [0.25, 0.3) is 10.0 Å². The second-order valence-electron chi connectivity index (χ2n) is 3.95. The Morgan fingerprint density at radius 2 is 1.94 bits per heavy atom. The van der Waals surface area contributed by atoms with E-state index in [1.54, 1.807) is 12.1 Å². The summed E-state index contributed by atoms with van der Waals surface area (Å²) in [6.45, 7) is 1.48. The summed E-state index contributed by atoms with van der Waals surface area (Å²) in [6, 6.07) is 0. The Hall–Kier alpha value is -0.510. The number of rotatable bonds is 3. The fourth-order valence-corrected chi connectivity index (χ4v) is 4.03. The van der Waals surface area contributed by atoms with Crippen molar-refractivity contribution in [2.75, 3.05) is 13.1 Å². The van der Waals surface area contributed by atoms with Crippen molar-refractivity contribution in [3.8, 4) is 0 Å². The normalized spacial score (nSPS) is 18.5. The van der Waals surface area contributed by atoms with Crippen molar-refractivity contribution < 1.29 is 8.42 Å². The van der Waals surface area contributed by atoms with Gasteiger partial charge in [0.2, 0.25) is 5.03 Å². The van der Waals surface area contributed by atoms with Gasteiger partial charge in [0, 0.05) is 20.1 Å². The number of nitrogens with zero attached hydrogens (tertiary/aromatic N) is 4. The Labute approximate surface area is 108 Å². The van der Waals surface area contributed by atoms with Crippen molar-refractivity contribution in [1.82, 2.24) is 24.8 Å². The molecule has 1 fully saturated rings. The number of hydrazine groups is 1. The van der Waals surface area contributed by atoms with Gasteiger partial charge in [-0.25, -0.2) is 18.1 Å². The number of piperidine rings is 1. The number of aryl methyl sites for hydroxylation is 1. The Morgan fingerprint density at radius 3 is 2.47 bits per heavy atom. The van der Waals surface area contributed by atoms with Gasteiger partial charge in [-0.2, -0.15) is 0 Å². The van der Waals surface area contributed by atoms with Crippen LogP contribution in [0.5, 0.6) is 0 Å². The standard InChI is InChI=1S/C8H14BrN5O2S/c1-13-8(7(9)10-11-13)17(15,16)12-14-5-3-2-4-6-14/h12H,2-6H2,1H3. The molecule has 96 valence electrons. The number of nitrogens with one attached hydrogen (secondary N) is 1. The molecule has 1 aliphatic rings. The molecule has 17 heavy (non-hydrogen) atoms. The second-order valence-corrected chi connectivity index (χ2v) is 6.28. The molecule has 1 aromatic rings. The molecule has 0 atom stereocenters. The summed E-state index contributed by atoms with van der Waals surface area (Å²) in [6.07, 6.45) is 3.16. The third-order valence-electron chi connectivity index (χ3n) is 2.60. The van der Waals surface area contributed by atoms with Gasteiger partial charge in [0.05, 0.1) is 0 Å². The van der Waals surface area contributed by atoms with Gasteiger partial charge in [0.15, 0.2) is 4.60 Å². The third-order valence-corrected chi connectivity index (χ3v) is 4.86. The molecule has 0 spiro atoms. The number of hydrogen-bond donors (Lipinski definition) is 1.